The maximum absolute atomic E-state index is 12.2. The molecule has 2 N–H and O–H groups in total. The number of nitrogens with zero attached hydrogens (tertiary/aromatic N) is 2. The highest BCUT2D eigenvalue weighted by Gasteiger charge is 2.31. The molecule has 1 amide bonds. The van der Waals surface area contributed by atoms with Gasteiger partial charge in [-0.25, -0.2) is 0 Å². The van der Waals surface area contributed by atoms with Crippen LogP contribution in [-0.2, 0) is 16.1 Å². The van der Waals surface area contributed by atoms with Gasteiger partial charge in [0.25, 0.3) is 0 Å². The second-order valence-corrected chi connectivity index (χ2v) is 6.58. The summed E-state index contributed by atoms with van der Waals surface area (Å²) in [4.78, 5) is 27.6. The first-order valence-electron chi connectivity index (χ1n) is 8.12. The number of carbonyl (C=O) groups is 2. The third-order valence-corrected chi connectivity index (χ3v) is 4.59. The van der Waals surface area contributed by atoms with Gasteiger partial charge in [-0.15, -0.1) is 0 Å². The van der Waals surface area contributed by atoms with Gasteiger partial charge in [-0.1, -0.05) is 35.3 Å². The highest BCUT2D eigenvalue weighted by molar-refractivity contribution is 6.30. The molecule has 1 aromatic carbocycles. The summed E-state index contributed by atoms with van der Waals surface area (Å²) in [7, 11) is 0. The molecule has 2 unspecified atom stereocenters. The van der Waals surface area contributed by atoms with Crippen molar-refractivity contribution in [1.29, 1.82) is 0 Å². The number of amides is 1. The van der Waals surface area contributed by atoms with Crippen LogP contribution < -0.4 is 5.32 Å². The van der Waals surface area contributed by atoms with E-state index >= 15 is 0 Å². The van der Waals surface area contributed by atoms with Crippen LogP contribution in [-0.4, -0.2) is 27.1 Å². The minimum atomic E-state index is -0.833. The van der Waals surface area contributed by atoms with Crippen molar-refractivity contribution < 1.29 is 19.2 Å². The standard InChI is InChI=1S/C17H18ClN3O4/c18-13-6-2-3-10(8-13)15-20-14(25-21-15)9-19-16(22)11-4-1-5-12(7-11)17(23)24/h2-3,6,8,11-12H,1,4-5,7,9H2,(H,19,22)(H,23,24). The number of carboxylic acid groups (broad SMARTS) is 1. The average molecular weight is 364 g/mol. The number of nitrogens with one attached hydrogen (secondary N) is 1. The van der Waals surface area contributed by atoms with Crippen molar-refractivity contribution in [3.05, 3.63) is 35.2 Å². The fourth-order valence-corrected chi connectivity index (χ4v) is 3.22. The van der Waals surface area contributed by atoms with Gasteiger partial charge in [-0.3, -0.25) is 9.59 Å². The van der Waals surface area contributed by atoms with Crippen molar-refractivity contribution in [3.8, 4) is 11.4 Å². The number of hydrogen-bond donors (Lipinski definition) is 2. The molecule has 132 valence electrons. The molecule has 1 aliphatic rings. The molecule has 3 rings (SSSR count). The molecule has 25 heavy (non-hydrogen) atoms. The largest absolute Gasteiger partial charge is 0.481 e. The maximum Gasteiger partial charge on any atom is 0.306 e. The minimum Gasteiger partial charge on any atom is -0.481 e. The predicted octanol–water partition coefficient (Wildman–Crippen LogP) is 2.90. The van der Waals surface area contributed by atoms with E-state index in [2.05, 4.69) is 15.5 Å². The molecular weight excluding hydrogens is 346 g/mol. The molecule has 0 bridgehead atoms. The number of aromatic nitrogens is 2. The van der Waals surface area contributed by atoms with Gasteiger partial charge in [0.1, 0.15) is 0 Å². The Morgan fingerprint density at radius 1 is 1.32 bits per heavy atom. The summed E-state index contributed by atoms with van der Waals surface area (Å²) in [5, 5.41) is 16.3. The molecule has 1 aliphatic carbocycles. The van der Waals surface area contributed by atoms with Crippen molar-refractivity contribution in [1.82, 2.24) is 15.5 Å². The first-order valence-corrected chi connectivity index (χ1v) is 8.50. The van der Waals surface area contributed by atoms with E-state index in [9.17, 15) is 9.59 Å². The minimum absolute atomic E-state index is 0.112. The van der Waals surface area contributed by atoms with Crippen molar-refractivity contribution in [3.63, 3.8) is 0 Å². The van der Waals surface area contributed by atoms with Crippen molar-refractivity contribution in [2.75, 3.05) is 0 Å². The number of halogens is 1. The lowest BCUT2D eigenvalue weighted by molar-refractivity contribution is -0.144. The van der Waals surface area contributed by atoms with E-state index < -0.39 is 11.9 Å². The number of aliphatic carboxylic acids is 1. The Bertz CT molecular complexity index is 777. The summed E-state index contributed by atoms with van der Waals surface area (Å²) >= 11 is 5.94. The quantitative estimate of drug-likeness (QED) is 0.846. The zero-order chi connectivity index (χ0) is 17.8. The van der Waals surface area contributed by atoms with Gasteiger partial charge in [0.2, 0.25) is 17.6 Å². The predicted molar refractivity (Wildman–Crippen MR) is 89.7 cm³/mol. The Morgan fingerprint density at radius 2 is 2.12 bits per heavy atom. The van der Waals surface area contributed by atoms with E-state index in [1.54, 1.807) is 18.2 Å². The van der Waals surface area contributed by atoms with Gasteiger partial charge in [-0.05, 0) is 31.4 Å². The van der Waals surface area contributed by atoms with E-state index in [4.69, 9.17) is 21.2 Å². The van der Waals surface area contributed by atoms with E-state index in [-0.39, 0.29) is 24.3 Å². The highest BCUT2D eigenvalue weighted by Crippen LogP contribution is 2.29. The van der Waals surface area contributed by atoms with Gasteiger partial charge in [-0.2, -0.15) is 4.98 Å². The Labute approximate surface area is 149 Å². The van der Waals surface area contributed by atoms with Crippen LogP contribution in [0.2, 0.25) is 5.02 Å². The van der Waals surface area contributed by atoms with Crippen LogP contribution >= 0.6 is 11.6 Å². The normalized spacial score (nSPS) is 20.2. The zero-order valence-corrected chi connectivity index (χ0v) is 14.2. The van der Waals surface area contributed by atoms with E-state index in [0.717, 1.165) is 12.0 Å². The summed E-state index contributed by atoms with van der Waals surface area (Å²) in [6, 6.07) is 7.08. The Kier molecular flexibility index (Phi) is 5.33. The van der Waals surface area contributed by atoms with Crippen molar-refractivity contribution in [2.45, 2.75) is 32.2 Å². The van der Waals surface area contributed by atoms with Crippen LogP contribution in [0.4, 0.5) is 0 Å². The smallest absolute Gasteiger partial charge is 0.306 e. The van der Waals surface area contributed by atoms with Gasteiger partial charge >= 0.3 is 5.97 Å². The van der Waals surface area contributed by atoms with Crippen LogP contribution in [0.1, 0.15) is 31.6 Å². The number of benzene rings is 1. The van der Waals surface area contributed by atoms with E-state index in [0.29, 0.717) is 30.1 Å². The fourth-order valence-electron chi connectivity index (χ4n) is 3.03. The lowest BCUT2D eigenvalue weighted by Crippen LogP contribution is -2.35. The molecule has 1 saturated carbocycles. The molecule has 0 aliphatic heterocycles. The highest BCUT2D eigenvalue weighted by atomic mass is 35.5. The Morgan fingerprint density at radius 3 is 2.88 bits per heavy atom. The Hall–Kier alpha value is -2.41. The van der Waals surface area contributed by atoms with Gasteiger partial charge in [0, 0.05) is 16.5 Å². The maximum atomic E-state index is 12.2. The van der Waals surface area contributed by atoms with Gasteiger partial charge in [0.15, 0.2) is 0 Å². The molecule has 0 saturated heterocycles. The Balaban J connectivity index is 1.57. The first-order chi connectivity index (χ1) is 12.0. The SMILES string of the molecule is O=C(O)C1CCCC(C(=O)NCc2nc(-c3cccc(Cl)c3)no2)C1. The molecule has 0 spiro atoms. The fraction of sp³-hybridized carbons (Fsp3) is 0.412. The molecule has 1 heterocycles. The van der Waals surface area contributed by atoms with Crippen LogP contribution in [0.3, 0.4) is 0 Å². The van der Waals surface area contributed by atoms with Gasteiger partial charge in [0.05, 0.1) is 12.5 Å². The summed E-state index contributed by atoms with van der Waals surface area (Å²) in [6.45, 7) is 0.112. The van der Waals surface area contributed by atoms with E-state index in [1.807, 2.05) is 6.07 Å². The van der Waals surface area contributed by atoms with Crippen molar-refractivity contribution >= 4 is 23.5 Å². The molecule has 2 aromatic rings. The van der Waals surface area contributed by atoms with Crippen LogP contribution in [0.25, 0.3) is 11.4 Å². The monoisotopic (exact) mass is 363 g/mol. The number of carboxylic acids is 1. The average Bonchev–Trinajstić information content (AvgIpc) is 3.09. The lowest BCUT2D eigenvalue weighted by atomic mass is 9.81. The van der Waals surface area contributed by atoms with Crippen LogP contribution in [0.15, 0.2) is 28.8 Å². The lowest BCUT2D eigenvalue weighted by Gasteiger charge is -2.25. The topological polar surface area (TPSA) is 105 Å². The second kappa shape index (κ2) is 7.65. The summed E-state index contributed by atoms with van der Waals surface area (Å²) < 4.78 is 5.14. The number of hydrogen-bond acceptors (Lipinski definition) is 5. The van der Waals surface area contributed by atoms with Crippen molar-refractivity contribution in [2.24, 2.45) is 11.8 Å². The summed E-state index contributed by atoms with van der Waals surface area (Å²) in [5.74, 6) is -1.05. The van der Waals surface area contributed by atoms with Gasteiger partial charge < -0.3 is 14.9 Å². The molecule has 8 heteroatoms. The molecule has 7 nitrogen and oxygen atoms in total. The third-order valence-electron chi connectivity index (χ3n) is 4.36. The zero-order valence-electron chi connectivity index (χ0n) is 13.4. The first kappa shape index (κ1) is 17.4. The number of rotatable bonds is 5. The third kappa shape index (κ3) is 4.36. The molecule has 2 atom stereocenters. The summed E-state index contributed by atoms with van der Waals surface area (Å²) in [6.07, 6.45) is 2.45. The molecule has 1 aromatic heterocycles. The summed E-state index contributed by atoms with van der Waals surface area (Å²) in [5.41, 5.74) is 0.727. The van der Waals surface area contributed by atoms with E-state index in [1.165, 1.54) is 0 Å². The van der Waals surface area contributed by atoms with Crippen LogP contribution in [0.5, 0.6) is 0 Å². The molecule has 0 radical (unpaired) electrons. The second-order valence-electron chi connectivity index (χ2n) is 6.14. The molecule has 1 fully saturated rings. The number of carbonyl (C=O) groups excluding carboxylic acids is 1. The van der Waals surface area contributed by atoms with Crippen LogP contribution in [0, 0.1) is 11.8 Å². The molecular formula is C17H18ClN3O4.